The standard InChI is InChI=1S/C62H42N6/c1-62(2)49-29-17-15-28-46(49)58-57(62)56-54(67(58)44-25-13-6-14-26-44)36-35-53-55(56)48-38-42(41-31-33-51-47(37-41)45-27-16-18-30-50(45)66(51)43-23-11-5-12-24-43)32-34-52(48)68(53)61-64-59(39-19-7-3-8-20-39)63-60(65-61)40-21-9-4-10-22-40/h3-38H,1-2H3. The lowest BCUT2D eigenvalue weighted by Gasteiger charge is -2.21. The zero-order chi connectivity index (χ0) is 45.1. The number of nitrogens with zero attached hydrogens (tertiary/aromatic N) is 6. The van der Waals surface area contributed by atoms with Crippen molar-refractivity contribution in [2.24, 2.45) is 0 Å². The fraction of sp³-hybridized carbons (Fsp3) is 0.0484. The van der Waals surface area contributed by atoms with Crippen molar-refractivity contribution in [3.05, 3.63) is 230 Å². The smallest absolute Gasteiger partial charge is 0.238 e. The third-order valence-corrected chi connectivity index (χ3v) is 14.3. The number of hydrogen-bond acceptors (Lipinski definition) is 3. The minimum Gasteiger partial charge on any atom is -0.309 e. The maximum atomic E-state index is 5.34. The van der Waals surface area contributed by atoms with Crippen molar-refractivity contribution < 1.29 is 0 Å². The highest BCUT2D eigenvalue weighted by Crippen LogP contribution is 2.56. The van der Waals surface area contributed by atoms with E-state index in [1.165, 1.54) is 60.5 Å². The van der Waals surface area contributed by atoms with E-state index in [-0.39, 0.29) is 5.41 Å². The Bertz CT molecular complexity index is 4090. The highest BCUT2D eigenvalue weighted by molar-refractivity contribution is 6.24. The first kappa shape index (κ1) is 38.4. The summed E-state index contributed by atoms with van der Waals surface area (Å²) < 4.78 is 7.14. The molecule has 0 unspecified atom stereocenters. The number of aromatic nitrogens is 6. The van der Waals surface area contributed by atoms with Crippen LogP contribution < -0.4 is 0 Å². The predicted octanol–water partition coefficient (Wildman–Crippen LogP) is 15.3. The van der Waals surface area contributed by atoms with E-state index in [0.29, 0.717) is 17.6 Å². The highest BCUT2D eigenvalue weighted by Gasteiger charge is 2.41. The second kappa shape index (κ2) is 14.6. The Morgan fingerprint density at radius 1 is 0.353 bits per heavy atom. The zero-order valence-electron chi connectivity index (χ0n) is 37.5. The van der Waals surface area contributed by atoms with E-state index in [9.17, 15) is 0 Å². The summed E-state index contributed by atoms with van der Waals surface area (Å²) in [6.45, 7) is 4.78. The Morgan fingerprint density at radius 2 is 0.838 bits per heavy atom. The van der Waals surface area contributed by atoms with Gasteiger partial charge in [0.15, 0.2) is 11.6 Å². The first-order valence-corrected chi connectivity index (χ1v) is 23.3. The summed E-state index contributed by atoms with van der Waals surface area (Å²) in [6, 6.07) is 78.2. The molecule has 0 spiro atoms. The number of hydrogen-bond donors (Lipinski definition) is 0. The van der Waals surface area contributed by atoms with Crippen molar-refractivity contribution in [3.63, 3.8) is 0 Å². The van der Waals surface area contributed by atoms with Gasteiger partial charge in [0, 0.05) is 60.4 Å². The lowest BCUT2D eigenvalue weighted by Crippen LogP contribution is -2.14. The van der Waals surface area contributed by atoms with Gasteiger partial charge in [0.1, 0.15) is 0 Å². The number of para-hydroxylation sites is 3. The molecule has 320 valence electrons. The number of rotatable bonds is 6. The van der Waals surface area contributed by atoms with Gasteiger partial charge in [-0.3, -0.25) is 4.57 Å². The Morgan fingerprint density at radius 3 is 1.49 bits per heavy atom. The molecular weight excluding hydrogens is 829 g/mol. The molecule has 0 bridgehead atoms. The van der Waals surface area contributed by atoms with Crippen molar-refractivity contribution >= 4 is 54.5 Å². The van der Waals surface area contributed by atoms with Crippen molar-refractivity contribution in [1.29, 1.82) is 0 Å². The van der Waals surface area contributed by atoms with Crippen molar-refractivity contribution in [2.75, 3.05) is 0 Å². The lowest BCUT2D eigenvalue weighted by atomic mass is 9.81. The topological polar surface area (TPSA) is 53.5 Å². The van der Waals surface area contributed by atoms with Crippen LogP contribution in [0.15, 0.2) is 218 Å². The molecule has 14 rings (SSSR count). The fourth-order valence-corrected chi connectivity index (χ4v) is 11.3. The molecule has 9 aromatic carbocycles. The summed E-state index contributed by atoms with van der Waals surface area (Å²) in [7, 11) is 0. The van der Waals surface area contributed by atoms with E-state index in [0.717, 1.165) is 50.0 Å². The molecule has 4 heterocycles. The number of fused-ring (bicyclic) bond motifs is 12. The molecule has 0 atom stereocenters. The maximum absolute atomic E-state index is 5.34. The quantitative estimate of drug-likeness (QED) is 0.167. The third kappa shape index (κ3) is 5.55. The minimum absolute atomic E-state index is 0.295. The van der Waals surface area contributed by atoms with E-state index < -0.39 is 0 Å². The molecule has 13 aromatic rings. The van der Waals surface area contributed by atoms with Crippen LogP contribution in [0.1, 0.15) is 25.0 Å². The van der Waals surface area contributed by atoms with Crippen LogP contribution in [-0.4, -0.2) is 28.7 Å². The summed E-state index contributed by atoms with van der Waals surface area (Å²) in [5, 5.41) is 6.00. The van der Waals surface area contributed by atoms with Crippen molar-refractivity contribution in [2.45, 2.75) is 19.3 Å². The maximum Gasteiger partial charge on any atom is 0.238 e. The lowest BCUT2D eigenvalue weighted by molar-refractivity contribution is 0.666. The predicted molar refractivity (Wildman–Crippen MR) is 279 cm³/mol. The second-order valence-electron chi connectivity index (χ2n) is 18.4. The van der Waals surface area contributed by atoms with Crippen molar-refractivity contribution in [3.8, 4) is 62.5 Å². The minimum atomic E-state index is -0.295. The molecule has 0 amide bonds. The number of benzene rings is 9. The van der Waals surface area contributed by atoms with Gasteiger partial charge >= 0.3 is 0 Å². The van der Waals surface area contributed by atoms with Crippen LogP contribution in [0.3, 0.4) is 0 Å². The van der Waals surface area contributed by atoms with Crippen LogP contribution in [0, 0.1) is 0 Å². The SMILES string of the molecule is CC1(C)c2ccccc2-c2c1c1c3c4cc(-c5ccc6c(c5)c5ccccc5n6-c5ccccc5)ccc4n(-c4nc(-c5ccccc5)nc(-c5ccccc5)n4)c3ccc1n2-c1ccccc1. The fourth-order valence-electron chi connectivity index (χ4n) is 11.3. The third-order valence-electron chi connectivity index (χ3n) is 14.3. The van der Waals surface area contributed by atoms with Gasteiger partial charge in [0.2, 0.25) is 5.95 Å². The molecule has 0 saturated heterocycles. The van der Waals surface area contributed by atoms with Crippen LogP contribution in [0.25, 0.3) is 117 Å². The van der Waals surface area contributed by atoms with Gasteiger partial charge in [-0.15, -0.1) is 0 Å². The van der Waals surface area contributed by atoms with E-state index in [2.05, 4.69) is 210 Å². The molecule has 0 saturated carbocycles. The van der Waals surface area contributed by atoms with Gasteiger partial charge < -0.3 is 9.13 Å². The normalized spacial score (nSPS) is 13.0. The van der Waals surface area contributed by atoms with Crippen LogP contribution in [0.4, 0.5) is 0 Å². The van der Waals surface area contributed by atoms with E-state index >= 15 is 0 Å². The summed E-state index contributed by atoms with van der Waals surface area (Å²) in [5.41, 5.74) is 16.9. The molecule has 0 fully saturated rings. The highest BCUT2D eigenvalue weighted by atomic mass is 15.2. The average molecular weight is 871 g/mol. The van der Waals surface area contributed by atoms with E-state index in [4.69, 9.17) is 15.0 Å². The van der Waals surface area contributed by atoms with Gasteiger partial charge in [-0.05, 0) is 89.0 Å². The Labute approximate surface area is 392 Å². The molecule has 6 nitrogen and oxygen atoms in total. The molecule has 1 aliphatic rings. The first-order valence-electron chi connectivity index (χ1n) is 23.3. The summed E-state index contributed by atoms with van der Waals surface area (Å²) in [4.78, 5) is 15.8. The van der Waals surface area contributed by atoms with Gasteiger partial charge in [0.25, 0.3) is 0 Å². The van der Waals surface area contributed by atoms with E-state index in [1.807, 2.05) is 36.4 Å². The van der Waals surface area contributed by atoms with Gasteiger partial charge in [-0.25, -0.2) is 4.98 Å². The van der Waals surface area contributed by atoms with Crippen LogP contribution in [-0.2, 0) is 5.41 Å². The Hall–Kier alpha value is -8.87. The monoisotopic (exact) mass is 870 g/mol. The summed E-state index contributed by atoms with van der Waals surface area (Å²) >= 11 is 0. The van der Waals surface area contributed by atoms with Gasteiger partial charge in [-0.1, -0.05) is 166 Å². The van der Waals surface area contributed by atoms with Gasteiger partial charge in [-0.2, -0.15) is 9.97 Å². The molecule has 0 N–H and O–H groups in total. The largest absolute Gasteiger partial charge is 0.309 e. The van der Waals surface area contributed by atoms with E-state index in [1.54, 1.807) is 0 Å². The second-order valence-corrected chi connectivity index (χ2v) is 18.4. The Balaban J connectivity index is 1.10. The molecule has 4 aromatic heterocycles. The van der Waals surface area contributed by atoms with Crippen molar-refractivity contribution in [1.82, 2.24) is 28.7 Å². The van der Waals surface area contributed by atoms with Crippen LogP contribution >= 0.6 is 0 Å². The first-order chi connectivity index (χ1) is 33.5. The van der Waals surface area contributed by atoms with Crippen LogP contribution in [0.2, 0.25) is 0 Å². The average Bonchev–Trinajstić information content (AvgIpc) is 4.10. The molecule has 0 aliphatic heterocycles. The molecule has 68 heavy (non-hydrogen) atoms. The molecular formula is C62H42N6. The molecule has 0 radical (unpaired) electrons. The summed E-state index contributed by atoms with van der Waals surface area (Å²) in [6.07, 6.45) is 0. The Kier molecular flexibility index (Phi) is 8.23. The molecule has 6 heteroatoms. The summed E-state index contributed by atoms with van der Waals surface area (Å²) in [5.74, 6) is 1.82. The zero-order valence-corrected chi connectivity index (χ0v) is 37.5. The molecule has 1 aliphatic carbocycles. The van der Waals surface area contributed by atoms with Gasteiger partial charge in [0.05, 0.1) is 33.3 Å². The van der Waals surface area contributed by atoms with Crippen LogP contribution in [0.5, 0.6) is 0 Å².